The number of hydrogen-bond acceptors (Lipinski definition) is 4. The van der Waals surface area contributed by atoms with Crippen molar-refractivity contribution in [1.82, 2.24) is 0 Å². The van der Waals surface area contributed by atoms with Crippen molar-refractivity contribution in [3.05, 3.63) is 0 Å². The molecule has 4 nitrogen and oxygen atoms in total. The van der Waals surface area contributed by atoms with Gasteiger partial charge < -0.3 is 18.9 Å². The second kappa shape index (κ2) is 8.02. The van der Waals surface area contributed by atoms with Crippen molar-refractivity contribution < 1.29 is 18.9 Å². The Morgan fingerprint density at radius 2 is 1.69 bits per heavy atom. The second-order valence-corrected chi connectivity index (χ2v) is 2.44. The van der Waals surface area contributed by atoms with E-state index in [1.807, 2.05) is 6.92 Å². The van der Waals surface area contributed by atoms with Crippen LogP contribution in [0.15, 0.2) is 0 Å². The van der Waals surface area contributed by atoms with E-state index >= 15 is 0 Å². The van der Waals surface area contributed by atoms with Crippen molar-refractivity contribution in [1.29, 1.82) is 0 Å². The zero-order chi connectivity index (χ0) is 10.1. The van der Waals surface area contributed by atoms with Gasteiger partial charge in [0, 0.05) is 14.2 Å². The molecule has 0 radical (unpaired) electrons. The van der Waals surface area contributed by atoms with Crippen LogP contribution in [0.2, 0.25) is 0 Å². The van der Waals surface area contributed by atoms with Crippen molar-refractivity contribution in [3.63, 3.8) is 0 Å². The predicted octanol–water partition coefficient (Wildman–Crippen LogP) is 0.618. The molecule has 0 unspecified atom stereocenters. The highest BCUT2D eigenvalue weighted by Gasteiger charge is 2.15. The van der Waals surface area contributed by atoms with Crippen LogP contribution in [0.4, 0.5) is 0 Å². The van der Waals surface area contributed by atoms with Crippen molar-refractivity contribution in [2.24, 2.45) is 0 Å². The number of hydrogen-bond donors (Lipinski definition) is 0. The lowest BCUT2D eigenvalue weighted by Gasteiger charge is -2.19. The molecule has 0 bridgehead atoms. The first-order chi connectivity index (χ1) is 6.26. The van der Waals surface area contributed by atoms with Crippen LogP contribution in [0.25, 0.3) is 0 Å². The van der Waals surface area contributed by atoms with Crippen molar-refractivity contribution in [2.75, 3.05) is 27.8 Å². The Bertz CT molecular complexity index is 152. The quantitative estimate of drug-likeness (QED) is 0.433. The Balaban J connectivity index is 3.72. The van der Waals surface area contributed by atoms with Crippen molar-refractivity contribution >= 4 is 0 Å². The van der Waals surface area contributed by atoms with E-state index < -0.39 is 6.10 Å². The van der Waals surface area contributed by atoms with Gasteiger partial charge in [-0.25, -0.2) is 0 Å². The first-order valence-corrected chi connectivity index (χ1v) is 3.93. The molecule has 0 saturated heterocycles. The summed E-state index contributed by atoms with van der Waals surface area (Å²) in [6.07, 6.45) is 4.62. The van der Waals surface area contributed by atoms with Gasteiger partial charge in [0.05, 0.1) is 6.10 Å². The maximum Gasteiger partial charge on any atom is 0.148 e. The molecule has 0 aliphatic carbocycles. The fourth-order valence-electron chi connectivity index (χ4n) is 0.723. The van der Waals surface area contributed by atoms with Crippen LogP contribution in [0.5, 0.6) is 0 Å². The lowest BCUT2D eigenvalue weighted by Crippen LogP contribution is -2.29. The Morgan fingerprint density at radius 3 is 2.15 bits per heavy atom. The highest BCUT2D eigenvalue weighted by molar-refractivity contribution is 4.97. The summed E-state index contributed by atoms with van der Waals surface area (Å²) in [7, 11) is 3.09. The molecule has 13 heavy (non-hydrogen) atoms. The molecule has 0 aliphatic rings. The van der Waals surface area contributed by atoms with Gasteiger partial charge >= 0.3 is 0 Å². The van der Waals surface area contributed by atoms with E-state index in [-0.39, 0.29) is 19.7 Å². The summed E-state index contributed by atoms with van der Waals surface area (Å²) in [6, 6.07) is 0. The Hall–Kier alpha value is -0.600. The maximum atomic E-state index is 5.23. The van der Waals surface area contributed by atoms with Gasteiger partial charge in [0.1, 0.15) is 19.7 Å². The van der Waals surface area contributed by atoms with Crippen molar-refractivity contribution in [2.45, 2.75) is 19.1 Å². The predicted molar refractivity (Wildman–Crippen MR) is 48.0 cm³/mol. The molecule has 0 amide bonds. The molecule has 0 saturated carbocycles. The third-order valence-electron chi connectivity index (χ3n) is 1.40. The summed E-state index contributed by atoms with van der Waals surface area (Å²) >= 11 is 0. The molecule has 0 fully saturated rings. The van der Waals surface area contributed by atoms with Crippen LogP contribution >= 0.6 is 0 Å². The molecule has 0 heterocycles. The maximum absolute atomic E-state index is 5.23. The van der Waals surface area contributed by atoms with Crippen LogP contribution in [0, 0.1) is 12.3 Å². The zero-order valence-corrected chi connectivity index (χ0v) is 8.28. The van der Waals surface area contributed by atoms with Gasteiger partial charge in [-0.2, -0.15) is 0 Å². The Morgan fingerprint density at radius 1 is 1.15 bits per heavy atom. The number of rotatable bonds is 7. The molecule has 76 valence electrons. The van der Waals surface area contributed by atoms with Gasteiger partial charge in [-0.3, -0.25) is 0 Å². The summed E-state index contributed by atoms with van der Waals surface area (Å²) in [4.78, 5) is 0. The number of terminal acetylenes is 1. The van der Waals surface area contributed by atoms with Gasteiger partial charge in [-0.1, -0.05) is 5.92 Å². The molecule has 4 heteroatoms. The van der Waals surface area contributed by atoms with Crippen LogP contribution in [0.3, 0.4) is 0 Å². The van der Waals surface area contributed by atoms with Gasteiger partial charge in [0.15, 0.2) is 0 Å². The average molecular weight is 188 g/mol. The highest BCUT2D eigenvalue weighted by atomic mass is 16.7. The summed E-state index contributed by atoms with van der Waals surface area (Å²) in [6.45, 7) is 2.18. The van der Waals surface area contributed by atoms with Crippen LogP contribution in [-0.4, -0.2) is 40.0 Å². The first kappa shape index (κ1) is 12.4. The summed E-state index contributed by atoms with van der Waals surface area (Å²) in [5, 5.41) is 0. The number of methoxy groups -OCH3 is 2. The second-order valence-electron chi connectivity index (χ2n) is 2.44. The standard InChI is InChI=1S/C9H16O4/c1-5-9(13-7-11-4)8(2)12-6-10-3/h1,8-9H,6-7H2,2-4H3/t8-,9+/m0/s1. The van der Waals surface area contributed by atoms with E-state index in [4.69, 9.17) is 25.4 Å². The normalized spacial score (nSPS) is 14.9. The number of ether oxygens (including phenoxy) is 4. The third-order valence-corrected chi connectivity index (χ3v) is 1.40. The highest BCUT2D eigenvalue weighted by Crippen LogP contribution is 2.02. The van der Waals surface area contributed by atoms with Crippen LogP contribution < -0.4 is 0 Å². The molecule has 0 N–H and O–H groups in total. The van der Waals surface area contributed by atoms with Gasteiger partial charge in [-0.15, -0.1) is 6.42 Å². The van der Waals surface area contributed by atoms with E-state index in [0.717, 1.165) is 0 Å². The Kier molecular flexibility index (Phi) is 7.65. The molecule has 2 atom stereocenters. The topological polar surface area (TPSA) is 36.9 Å². The van der Waals surface area contributed by atoms with E-state index in [9.17, 15) is 0 Å². The zero-order valence-electron chi connectivity index (χ0n) is 8.28. The fourth-order valence-corrected chi connectivity index (χ4v) is 0.723. The largest absolute Gasteiger partial charge is 0.359 e. The third kappa shape index (κ3) is 5.61. The molecular weight excluding hydrogens is 172 g/mol. The summed E-state index contributed by atoms with van der Waals surface area (Å²) < 4.78 is 19.8. The van der Waals surface area contributed by atoms with Gasteiger partial charge in [0.2, 0.25) is 0 Å². The van der Waals surface area contributed by atoms with Gasteiger partial charge in [-0.05, 0) is 6.92 Å². The SMILES string of the molecule is C#C[C@@H](OCOC)[C@H](C)OCOC. The smallest absolute Gasteiger partial charge is 0.148 e. The molecule has 0 aliphatic heterocycles. The average Bonchev–Trinajstić information content (AvgIpc) is 2.16. The van der Waals surface area contributed by atoms with E-state index in [1.54, 1.807) is 7.11 Å². The van der Waals surface area contributed by atoms with E-state index in [1.165, 1.54) is 7.11 Å². The molecule has 0 spiro atoms. The minimum atomic E-state index is -0.407. The molecule has 0 aromatic rings. The lowest BCUT2D eigenvalue weighted by molar-refractivity contribution is -0.134. The van der Waals surface area contributed by atoms with Crippen LogP contribution in [-0.2, 0) is 18.9 Å². The van der Waals surface area contributed by atoms with E-state index in [0.29, 0.717) is 0 Å². The monoisotopic (exact) mass is 188 g/mol. The van der Waals surface area contributed by atoms with Gasteiger partial charge in [0.25, 0.3) is 0 Å². The molecule has 0 aromatic heterocycles. The molecule has 0 aromatic carbocycles. The summed E-state index contributed by atoms with van der Waals surface area (Å²) in [5.41, 5.74) is 0. The summed E-state index contributed by atoms with van der Waals surface area (Å²) in [5.74, 6) is 2.46. The fraction of sp³-hybridized carbons (Fsp3) is 0.778. The molecule has 0 rings (SSSR count). The molecular formula is C9H16O4. The Labute approximate surface area is 79.1 Å². The van der Waals surface area contributed by atoms with Crippen LogP contribution in [0.1, 0.15) is 6.92 Å². The first-order valence-electron chi connectivity index (χ1n) is 3.93. The minimum absolute atomic E-state index is 0.162. The minimum Gasteiger partial charge on any atom is -0.359 e. The van der Waals surface area contributed by atoms with Crippen molar-refractivity contribution in [3.8, 4) is 12.3 Å². The van der Waals surface area contributed by atoms with E-state index in [2.05, 4.69) is 5.92 Å². The lowest BCUT2D eigenvalue weighted by atomic mass is 10.2.